The Morgan fingerprint density at radius 1 is 1.55 bits per heavy atom. The second-order valence-corrected chi connectivity index (χ2v) is 7.33. The van der Waals surface area contributed by atoms with Crippen LogP contribution in [0.2, 0.25) is 0 Å². The molecule has 1 atom stereocenters. The van der Waals surface area contributed by atoms with E-state index in [1.165, 1.54) is 0 Å². The van der Waals surface area contributed by atoms with Crippen LogP contribution in [0.1, 0.15) is 17.8 Å². The summed E-state index contributed by atoms with van der Waals surface area (Å²) < 4.78 is 24.6. The summed E-state index contributed by atoms with van der Waals surface area (Å²) in [6, 6.07) is 0. The van der Waals surface area contributed by atoms with E-state index in [2.05, 4.69) is 10.3 Å². The number of nitrogens with zero attached hydrogens (tertiary/aromatic N) is 2. The van der Waals surface area contributed by atoms with Crippen molar-refractivity contribution in [3.05, 3.63) is 17.7 Å². The highest BCUT2D eigenvalue weighted by Crippen LogP contribution is 2.18. The number of amides is 1. The van der Waals surface area contributed by atoms with E-state index in [1.54, 1.807) is 6.33 Å². The molecule has 0 aliphatic carbocycles. The van der Waals surface area contributed by atoms with Crippen molar-refractivity contribution in [1.29, 1.82) is 0 Å². The summed E-state index contributed by atoms with van der Waals surface area (Å²) >= 11 is 0. The molecule has 0 aromatic carbocycles. The van der Waals surface area contributed by atoms with E-state index in [4.69, 9.17) is 9.90 Å². The average Bonchev–Trinajstić information content (AvgIpc) is 2.96. The zero-order valence-electron chi connectivity index (χ0n) is 12.7. The second-order valence-electron chi connectivity index (χ2n) is 5.11. The van der Waals surface area contributed by atoms with Crippen LogP contribution in [0.15, 0.2) is 6.33 Å². The van der Waals surface area contributed by atoms with Gasteiger partial charge in [0.2, 0.25) is 5.91 Å². The fourth-order valence-electron chi connectivity index (χ4n) is 2.22. The van der Waals surface area contributed by atoms with Gasteiger partial charge in [-0.3, -0.25) is 9.59 Å². The number of aryl methyl sites for hydroxylation is 1. The van der Waals surface area contributed by atoms with Crippen molar-refractivity contribution in [2.45, 2.75) is 26.8 Å². The number of carboxylic acid groups (broad SMARTS) is 1. The molecule has 8 nitrogen and oxygen atoms in total. The van der Waals surface area contributed by atoms with Crippen molar-refractivity contribution in [2.24, 2.45) is 5.92 Å². The number of imidazole rings is 1. The van der Waals surface area contributed by atoms with Gasteiger partial charge in [0.15, 0.2) is 9.84 Å². The van der Waals surface area contributed by atoms with Crippen molar-refractivity contribution in [3.8, 4) is 0 Å². The van der Waals surface area contributed by atoms with Gasteiger partial charge in [-0.1, -0.05) is 0 Å². The molecule has 2 N–H and O–H groups in total. The molecule has 1 aliphatic heterocycles. The monoisotopic (exact) mass is 331 g/mol. The van der Waals surface area contributed by atoms with E-state index in [-0.39, 0.29) is 29.8 Å². The minimum absolute atomic E-state index is 0.0119. The largest absolute Gasteiger partial charge is 0.483 e. The van der Waals surface area contributed by atoms with Gasteiger partial charge in [0, 0.05) is 18.8 Å². The van der Waals surface area contributed by atoms with Crippen molar-refractivity contribution < 1.29 is 23.1 Å². The van der Waals surface area contributed by atoms with Crippen molar-refractivity contribution >= 4 is 22.2 Å². The lowest BCUT2D eigenvalue weighted by Gasteiger charge is -2.10. The zero-order chi connectivity index (χ0) is 16.8. The van der Waals surface area contributed by atoms with Crippen molar-refractivity contribution in [1.82, 2.24) is 14.9 Å². The van der Waals surface area contributed by atoms with Gasteiger partial charge in [0.1, 0.15) is 0 Å². The third kappa shape index (κ3) is 5.14. The van der Waals surface area contributed by atoms with Crippen LogP contribution in [0.3, 0.4) is 0 Å². The second kappa shape index (κ2) is 7.92. The summed E-state index contributed by atoms with van der Waals surface area (Å²) in [6.07, 6.45) is 2.19. The normalized spacial score (nSPS) is 19.1. The maximum Gasteiger partial charge on any atom is 0.290 e. The molecule has 1 aromatic heterocycles. The summed E-state index contributed by atoms with van der Waals surface area (Å²) in [5.41, 5.74) is 2.06. The maximum atomic E-state index is 11.8. The minimum atomic E-state index is -3.00. The molecule has 0 bridgehead atoms. The molecule has 1 aliphatic rings. The molecule has 1 unspecified atom stereocenters. The molecule has 0 saturated carbocycles. The van der Waals surface area contributed by atoms with Crippen LogP contribution in [0.25, 0.3) is 0 Å². The summed E-state index contributed by atoms with van der Waals surface area (Å²) in [7, 11) is -3.00. The van der Waals surface area contributed by atoms with E-state index < -0.39 is 9.84 Å². The average molecular weight is 331 g/mol. The Kier molecular flexibility index (Phi) is 6.54. The highest BCUT2D eigenvalue weighted by Gasteiger charge is 2.32. The summed E-state index contributed by atoms with van der Waals surface area (Å²) in [4.78, 5) is 24.4. The molecule has 1 saturated heterocycles. The van der Waals surface area contributed by atoms with Crippen molar-refractivity contribution in [2.75, 3.05) is 18.1 Å². The van der Waals surface area contributed by atoms with Crippen LogP contribution in [0.5, 0.6) is 0 Å². The first kappa shape index (κ1) is 18.1. The van der Waals surface area contributed by atoms with E-state index in [9.17, 15) is 13.2 Å². The Morgan fingerprint density at radius 3 is 2.64 bits per heavy atom. The van der Waals surface area contributed by atoms with E-state index in [0.717, 1.165) is 11.4 Å². The van der Waals surface area contributed by atoms with Crippen LogP contribution in [0.4, 0.5) is 0 Å². The first-order valence-corrected chi connectivity index (χ1v) is 8.67. The predicted molar refractivity (Wildman–Crippen MR) is 80.2 cm³/mol. The summed E-state index contributed by atoms with van der Waals surface area (Å²) in [5.74, 6) is -0.418. The molecule has 22 heavy (non-hydrogen) atoms. The topological polar surface area (TPSA) is 118 Å². The molecule has 124 valence electrons. The number of hydrogen-bond acceptors (Lipinski definition) is 5. The molecule has 1 amide bonds. The SMILES string of the molecule is Cc1ncn(CCNC(=O)C2CCS(=O)(=O)C2)c1C.O=CO. The van der Waals surface area contributed by atoms with Gasteiger partial charge in [0.05, 0.1) is 29.4 Å². The molecule has 2 heterocycles. The van der Waals surface area contributed by atoms with E-state index in [1.807, 2.05) is 18.4 Å². The third-order valence-electron chi connectivity index (χ3n) is 3.60. The fraction of sp³-hybridized carbons (Fsp3) is 0.615. The lowest BCUT2D eigenvalue weighted by Crippen LogP contribution is -2.33. The van der Waals surface area contributed by atoms with Gasteiger partial charge in [-0.15, -0.1) is 0 Å². The smallest absolute Gasteiger partial charge is 0.290 e. The van der Waals surface area contributed by atoms with E-state index in [0.29, 0.717) is 19.5 Å². The summed E-state index contributed by atoms with van der Waals surface area (Å²) in [5, 5.41) is 9.68. The highest BCUT2D eigenvalue weighted by atomic mass is 32.2. The number of carbonyl (C=O) groups excluding carboxylic acids is 1. The van der Waals surface area contributed by atoms with Crippen LogP contribution >= 0.6 is 0 Å². The lowest BCUT2D eigenvalue weighted by atomic mass is 10.1. The number of rotatable bonds is 4. The standard InChI is InChI=1S/C12H19N3O3S.CH2O2/c1-9-10(2)15(8-14-9)5-4-13-12(16)11-3-6-19(17,18)7-11;2-1-3/h8,11H,3-7H2,1-2H3,(H,13,16);1H,(H,2,3). The van der Waals surface area contributed by atoms with Gasteiger partial charge in [-0.2, -0.15) is 0 Å². The predicted octanol–water partition coefficient (Wildman–Crippen LogP) is -0.248. The minimum Gasteiger partial charge on any atom is -0.483 e. The van der Waals surface area contributed by atoms with Crippen molar-refractivity contribution in [3.63, 3.8) is 0 Å². The fourth-order valence-corrected chi connectivity index (χ4v) is 3.96. The Labute approximate surface area is 129 Å². The molecule has 1 fully saturated rings. The quantitative estimate of drug-likeness (QED) is 0.735. The first-order valence-electron chi connectivity index (χ1n) is 6.85. The van der Waals surface area contributed by atoms with Gasteiger partial charge in [0.25, 0.3) is 6.47 Å². The van der Waals surface area contributed by atoms with Crippen LogP contribution < -0.4 is 5.32 Å². The zero-order valence-corrected chi connectivity index (χ0v) is 13.5. The Bertz CT molecular complexity index is 624. The lowest BCUT2D eigenvalue weighted by molar-refractivity contribution is -0.124. The number of hydrogen-bond donors (Lipinski definition) is 2. The Balaban J connectivity index is 0.000000745. The maximum absolute atomic E-state index is 11.8. The first-order chi connectivity index (χ1) is 10.3. The molecular formula is C13H21N3O5S. The van der Waals surface area contributed by atoms with Gasteiger partial charge in [-0.25, -0.2) is 13.4 Å². The molecule has 9 heteroatoms. The number of carbonyl (C=O) groups is 2. The van der Waals surface area contributed by atoms with Crippen LogP contribution in [-0.4, -0.2) is 53.5 Å². The van der Waals surface area contributed by atoms with Crippen LogP contribution in [-0.2, 0) is 26.0 Å². The van der Waals surface area contributed by atoms with Crippen LogP contribution in [0, 0.1) is 19.8 Å². The molecule has 0 radical (unpaired) electrons. The van der Waals surface area contributed by atoms with Gasteiger partial charge >= 0.3 is 0 Å². The molecular weight excluding hydrogens is 310 g/mol. The summed E-state index contributed by atoms with van der Waals surface area (Å²) in [6.45, 7) is 4.81. The Hall–Kier alpha value is -1.90. The Morgan fingerprint density at radius 2 is 2.18 bits per heavy atom. The van der Waals surface area contributed by atoms with Gasteiger partial charge in [-0.05, 0) is 20.3 Å². The number of sulfone groups is 1. The third-order valence-corrected chi connectivity index (χ3v) is 5.37. The molecule has 0 spiro atoms. The molecule has 2 rings (SSSR count). The van der Waals surface area contributed by atoms with Gasteiger partial charge < -0.3 is 15.0 Å². The molecule has 1 aromatic rings. The number of aromatic nitrogens is 2. The highest BCUT2D eigenvalue weighted by molar-refractivity contribution is 7.91. The van der Waals surface area contributed by atoms with E-state index >= 15 is 0 Å². The number of nitrogens with one attached hydrogen (secondary N) is 1.